The van der Waals surface area contributed by atoms with Gasteiger partial charge in [-0.1, -0.05) is 26.0 Å². The number of nitrogens with two attached hydrogens (primary N) is 1. The summed E-state index contributed by atoms with van der Waals surface area (Å²) in [6.07, 6.45) is -4.36. The van der Waals surface area contributed by atoms with Gasteiger partial charge in [-0.15, -0.1) is 12.4 Å². The summed E-state index contributed by atoms with van der Waals surface area (Å²) < 4.78 is 37.3. The van der Waals surface area contributed by atoms with Crippen molar-refractivity contribution in [2.75, 3.05) is 0 Å². The van der Waals surface area contributed by atoms with E-state index in [-0.39, 0.29) is 24.2 Å². The van der Waals surface area contributed by atoms with Crippen molar-refractivity contribution in [3.05, 3.63) is 35.4 Å². The molecule has 0 aliphatic heterocycles. The fraction of sp³-hybridized carbons (Fsp3) is 0.500. The fourth-order valence-corrected chi connectivity index (χ4v) is 1.66. The maximum Gasteiger partial charge on any atom is 0.416 e. The predicted octanol–water partition coefficient (Wildman–Crippen LogP) is 3.29. The molecule has 21 heavy (non-hydrogen) atoms. The highest BCUT2D eigenvalue weighted by Crippen LogP contribution is 2.29. The summed E-state index contributed by atoms with van der Waals surface area (Å²) in [6.45, 7) is 5.35. The zero-order valence-electron chi connectivity index (χ0n) is 12.1. The molecule has 0 aliphatic carbocycles. The van der Waals surface area contributed by atoms with Crippen molar-refractivity contribution in [2.24, 2.45) is 11.7 Å². The maximum absolute atomic E-state index is 12.4. The number of halogens is 4. The van der Waals surface area contributed by atoms with Gasteiger partial charge in [0.05, 0.1) is 17.6 Å². The summed E-state index contributed by atoms with van der Waals surface area (Å²) in [6, 6.07) is 3.69. The van der Waals surface area contributed by atoms with Crippen molar-refractivity contribution >= 4 is 18.3 Å². The molecule has 0 saturated heterocycles. The molecule has 120 valence electrons. The summed E-state index contributed by atoms with van der Waals surface area (Å²) in [5.41, 5.74) is 5.60. The molecular weight excluding hydrogens is 305 g/mol. The molecule has 0 saturated carbocycles. The Labute approximate surface area is 128 Å². The average molecular weight is 325 g/mol. The fourth-order valence-electron chi connectivity index (χ4n) is 1.66. The quantitative estimate of drug-likeness (QED) is 0.893. The largest absolute Gasteiger partial charge is 0.416 e. The number of hydrogen-bond acceptors (Lipinski definition) is 2. The lowest BCUT2D eigenvalue weighted by molar-refractivity contribution is -0.137. The van der Waals surface area contributed by atoms with Gasteiger partial charge in [0.1, 0.15) is 0 Å². The average Bonchev–Trinajstić information content (AvgIpc) is 2.36. The van der Waals surface area contributed by atoms with Crippen LogP contribution in [0.5, 0.6) is 0 Å². The van der Waals surface area contributed by atoms with E-state index in [9.17, 15) is 18.0 Å². The van der Waals surface area contributed by atoms with E-state index in [1.54, 1.807) is 6.92 Å². The Balaban J connectivity index is 0.00000400. The molecule has 1 unspecified atom stereocenters. The van der Waals surface area contributed by atoms with Crippen LogP contribution in [-0.4, -0.2) is 11.9 Å². The summed E-state index contributed by atoms with van der Waals surface area (Å²) in [4.78, 5) is 11.8. The van der Waals surface area contributed by atoms with Gasteiger partial charge < -0.3 is 11.1 Å². The van der Waals surface area contributed by atoms with E-state index in [0.717, 1.165) is 12.1 Å². The number of benzene rings is 1. The van der Waals surface area contributed by atoms with Crippen LogP contribution in [0.2, 0.25) is 0 Å². The van der Waals surface area contributed by atoms with Crippen molar-refractivity contribution in [2.45, 2.75) is 39.0 Å². The maximum atomic E-state index is 12.4. The standard InChI is InChI=1S/C14H19F3N2O.ClH/c1-8(2)12(18)13(20)19-9(3)10-4-6-11(7-5-10)14(15,16)17;/h4-9,12H,18H2,1-3H3,(H,19,20);1H/t9?,12-;/m0./s1. The van der Waals surface area contributed by atoms with Crippen LogP contribution in [0.15, 0.2) is 24.3 Å². The van der Waals surface area contributed by atoms with Crippen LogP contribution in [0.1, 0.15) is 37.9 Å². The highest BCUT2D eigenvalue weighted by molar-refractivity contribution is 5.85. The van der Waals surface area contributed by atoms with Crippen LogP contribution in [0.4, 0.5) is 13.2 Å². The molecule has 0 aromatic heterocycles. The zero-order chi connectivity index (χ0) is 15.5. The number of hydrogen-bond donors (Lipinski definition) is 2. The van der Waals surface area contributed by atoms with Gasteiger partial charge in [0.25, 0.3) is 0 Å². The minimum atomic E-state index is -4.36. The SMILES string of the molecule is CC(NC(=O)[C@@H](N)C(C)C)c1ccc(C(F)(F)F)cc1.Cl. The highest BCUT2D eigenvalue weighted by Gasteiger charge is 2.30. The van der Waals surface area contributed by atoms with Crippen molar-refractivity contribution in [1.82, 2.24) is 5.32 Å². The van der Waals surface area contributed by atoms with E-state index >= 15 is 0 Å². The lowest BCUT2D eigenvalue weighted by atomic mass is 10.0. The Morgan fingerprint density at radius 3 is 2.00 bits per heavy atom. The van der Waals surface area contributed by atoms with Crippen LogP contribution in [0, 0.1) is 5.92 Å². The monoisotopic (exact) mass is 324 g/mol. The second-order valence-electron chi connectivity index (χ2n) is 5.12. The highest BCUT2D eigenvalue weighted by atomic mass is 35.5. The molecule has 1 rings (SSSR count). The van der Waals surface area contributed by atoms with Crippen molar-refractivity contribution in [3.63, 3.8) is 0 Å². The number of amides is 1. The van der Waals surface area contributed by atoms with Crippen molar-refractivity contribution in [1.29, 1.82) is 0 Å². The molecule has 0 aliphatic rings. The molecule has 3 nitrogen and oxygen atoms in total. The van der Waals surface area contributed by atoms with Gasteiger partial charge in [-0.2, -0.15) is 13.2 Å². The summed E-state index contributed by atoms with van der Waals surface area (Å²) >= 11 is 0. The second-order valence-corrected chi connectivity index (χ2v) is 5.12. The van der Waals surface area contributed by atoms with Gasteiger partial charge in [-0.3, -0.25) is 4.79 Å². The molecule has 1 aromatic rings. The van der Waals surface area contributed by atoms with E-state index in [0.29, 0.717) is 5.56 Å². The Hall–Kier alpha value is -1.27. The van der Waals surface area contributed by atoms with Crippen LogP contribution < -0.4 is 11.1 Å². The third-order valence-electron chi connectivity index (χ3n) is 3.12. The first-order valence-electron chi connectivity index (χ1n) is 6.36. The first-order chi connectivity index (χ1) is 9.12. The molecule has 0 heterocycles. The Morgan fingerprint density at radius 2 is 1.62 bits per heavy atom. The Morgan fingerprint density at radius 1 is 1.14 bits per heavy atom. The molecule has 1 aromatic carbocycles. The number of carbonyl (C=O) groups is 1. The normalized spacial score (nSPS) is 14.3. The van der Waals surface area contributed by atoms with E-state index in [4.69, 9.17) is 5.73 Å². The first kappa shape index (κ1) is 19.7. The summed E-state index contributed by atoms with van der Waals surface area (Å²) in [7, 11) is 0. The number of alkyl halides is 3. The molecule has 0 spiro atoms. The van der Waals surface area contributed by atoms with E-state index in [2.05, 4.69) is 5.32 Å². The van der Waals surface area contributed by atoms with E-state index < -0.39 is 23.8 Å². The first-order valence-corrected chi connectivity index (χ1v) is 6.36. The number of nitrogens with one attached hydrogen (secondary N) is 1. The number of rotatable bonds is 4. The van der Waals surface area contributed by atoms with Gasteiger partial charge in [0.15, 0.2) is 0 Å². The molecule has 0 radical (unpaired) electrons. The van der Waals surface area contributed by atoms with Gasteiger partial charge in [-0.05, 0) is 30.5 Å². The third kappa shape index (κ3) is 5.55. The lowest BCUT2D eigenvalue weighted by Crippen LogP contribution is -2.44. The zero-order valence-corrected chi connectivity index (χ0v) is 12.9. The van der Waals surface area contributed by atoms with Crippen LogP contribution in [0.3, 0.4) is 0 Å². The smallest absolute Gasteiger partial charge is 0.348 e. The van der Waals surface area contributed by atoms with Gasteiger partial charge >= 0.3 is 6.18 Å². The molecule has 2 atom stereocenters. The van der Waals surface area contributed by atoms with Gasteiger partial charge in [0.2, 0.25) is 5.91 Å². The van der Waals surface area contributed by atoms with Crippen molar-refractivity contribution in [3.8, 4) is 0 Å². The second kappa shape index (κ2) is 7.66. The van der Waals surface area contributed by atoms with Crippen LogP contribution >= 0.6 is 12.4 Å². The summed E-state index contributed by atoms with van der Waals surface area (Å²) in [5.74, 6) is -0.317. The minimum Gasteiger partial charge on any atom is -0.348 e. The third-order valence-corrected chi connectivity index (χ3v) is 3.12. The van der Waals surface area contributed by atoms with Crippen LogP contribution in [0.25, 0.3) is 0 Å². The molecule has 3 N–H and O–H groups in total. The molecule has 1 amide bonds. The van der Waals surface area contributed by atoms with Crippen LogP contribution in [-0.2, 0) is 11.0 Å². The molecule has 0 fully saturated rings. The predicted molar refractivity (Wildman–Crippen MR) is 78.1 cm³/mol. The molecule has 7 heteroatoms. The lowest BCUT2D eigenvalue weighted by Gasteiger charge is -2.20. The number of carbonyl (C=O) groups excluding carboxylic acids is 1. The Kier molecular flexibility index (Phi) is 7.19. The van der Waals surface area contributed by atoms with Gasteiger partial charge in [0, 0.05) is 0 Å². The van der Waals surface area contributed by atoms with Gasteiger partial charge in [-0.25, -0.2) is 0 Å². The molecular formula is C14H20ClF3N2O. The van der Waals surface area contributed by atoms with Crippen molar-refractivity contribution < 1.29 is 18.0 Å². The van der Waals surface area contributed by atoms with E-state index in [1.807, 2.05) is 13.8 Å². The topological polar surface area (TPSA) is 55.1 Å². The Bertz CT molecular complexity index is 460. The molecule has 0 bridgehead atoms. The summed E-state index contributed by atoms with van der Waals surface area (Å²) in [5, 5.41) is 2.69. The van der Waals surface area contributed by atoms with E-state index in [1.165, 1.54) is 12.1 Å². The minimum absolute atomic E-state index is 0.